The number of unbranched alkanes of at least 4 members (excludes halogenated alkanes) is 9. The monoisotopic (exact) mass is 415 g/mol. The maximum absolute atomic E-state index is 12.0. The van der Waals surface area contributed by atoms with Crippen LogP contribution < -0.4 is 5.32 Å². The number of anilines is 1. The first kappa shape index (κ1) is 24.9. The van der Waals surface area contributed by atoms with Gasteiger partial charge in [-0.15, -0.1) is 0 Å². The van der Waals surface area contributed by atoms with Gasteiger partial charge >= 0.3 is 0 Å². The Hall–Kier alpha value is -1.35. The van der Waals surface area contributed by atoms with E-state index in [-0.39, 0.29) is 5.91 Å². The van der Waals surface area contributed by atoms with E-state index in [0.29, 0.717) is 12.5 Å². The number of ether oxygens (including phenoxy) is 1. The fourth-order valence-corrected chi connectivity index (χ4v) is 4.64. The van der Waals surface area contributed by atoms with Gasteiger partial charge in [-0.3, -0.25) is 4.79 Å². The molecule has 3 nitrogen and oxygen atoms in total. The molecule has 2 rings (SSSR count). The molecule has 0 aliphatic carbocycles. The molecule has 30 heavy (non-hydrogen) atoms. The van der Waals surface area contributed by atoms with Gasteiger partial charge in [0.1, 0.15) is 0 Å². The van der Waals surface area contributed by atoms with Gasteiger partial charge in [0, 0.05) is 18.7 Å². The number of hydrogen-bond acceptors (Lipinski definition) is 2. The molecule has 0 spiro atoms. The fraction of sp³-hybridized carbons (Fsp3) is 0.741. The third kappa shape index (κ3) is 11.2. The van der Waals surface area contributed by atoms with Gasteiger partial charge in [-0.2, -0.15) is 0 Å². The summed E-state index contributed by atoms with van der Waals surface area (Å²) in [6.07, 6.45) is 20.6. The molecular weight excluding hydrogens is 370 g/mol. The number of benzene rings is 1. The number of carbonyl (C=O) groups excluding carboxylic acids is 1. The van der Waals surface area contributed by atoms with E-state index >= 15 is 0 Å². The fourth-order valence-electron chi connectivity index (χ4n) is 4.64. The lowest BCUT2D eigenvalue weighted by molar-refractivity contribution is -0.116. The maximum Gasteiger partial charge on any atom is 0.224 e. The highest BCUT2D eigenvalue weighted by molar-refractivity contribution is 5.90. The molecule has 1 saturated heterocycles. The van der Waals surface area contributed by atoms with E-state index in [4.69, 9.17) is 4.74 Å². The summed E-state index contributed by atoms with van der Waals surface area (Å²) in [5.41, 5.74) is 0.894. The maximum atomic E-state index is 12.0. The summed E-state index contributed by atoms with van der Waals surface area (Å²) in [4.78, 5) is 12.0. The second-order valence-corrected chi connectivity index (χ2v) is 9.09. The van der Waals surface area contributed by atoms with E-state index in [0.717, 1.165) is 31.1 Å². The average Bonchev–Trinajstić information content (AvgIpc) is 2.77. The van der Waals surface area contributed by atoms with Crippen LogP contribution in [0.5, 0.6) is 0 Å². The third-order valence-electron chi connectivity index (χ3n) is 6.46. The van der Waals surface area contributed by atoms with Crippen molar-refractivity contribution in [1.82, 2.24) is 0 Å². The van der Waals surface area contributed by atoms with Crippen LogP contribution in [-0.2, 0) is 9.53 Å². The number of amides is 1. The van der Waals surface area contributed by atoms with Gasteiger partial charge < -0.3 is 10.1 Å². The number of rotatable bonds is 16. The van der Waals surface area contributed by atoms with E-state index < -0.39 is 0 Å². The summed E-state index contributed by atoms with van der Waals surface area (Å²) in [7, 11) is 0. The first-order valence-corrected chi connectivity index (χ1v) is 12.8. The van der Waals surface area contributed by atoms with Crippen LogP contribution in [0.3, 0.4) is 0 Å². The van der Waals surface area contributed by atoms with E-state index in [1.807, 2.05) is 30.3 Å². The Kier molecular flexibility index (Phi) is 13.6. The molecule has 1 fully saturated rings. The second kappa shape index (κ2) is 16.4. The molecule has 1 N–H and O–H groups in total. The minimum absolute atomic E-state index is 0.134. The summed E-state index contributed by atoms with van der Waals surface area (Å²) in [5.74, 6) is 0.931. The summed E-state index contributed by atoms with van der Waals surface area (Å²) in [6, 6.07) is 9.73. The molecule has 3 heteroatoms. The molecular formula is C27H45NO2. The number of para-hydroxylation sites is 1. The Morgan fingerprint density at radius 3 is 2.33 bits per heavy atom. The zero-order valence-electron chi connectivity index (χ0n) is 19.4. The van der Waals surface area contributed by atoms with Crippen molar-refractivity contribution in [2.75, 3.05) is 11.9 Å². The molecule has 0 radical (unpaired) electrons. The highest BCUT2D eigenvalue weighted by atomic mass is 16.5. The van der Waals surface area contributed by atoms with Crippen LogP contribution in [-0.4, -0.2) is 18.6 Å². The molecule has 2 unspecified atom stereocenters. The minimum atomic E-state index is 0.134. The van der Waals surface area contributed by atoms with Crippen molar-refractivity contribution in [2.45, 2.75) is 116 Å². The molecule has 1 aromatic rings. The quantitative estimate of drug-likeness (QED) is 0.279. The zero-order chi connectivity index (χ0) is 21.3. The molecule has 0 saturated carbocycles. The van der Waals surface area contributed by atoms with Crippen LogP contribution >= 0.6 is 0 Å². The van der Waals surface area contributed by atoms with Gasteiger partial charge in [-0.25, -0.2) is 0 Å². The van der Waals surface area contributed by atoms with Crippen molar-refractivity contribution in [2.24, 2.45) is 5.92 Å². The van der Waals surface area contributed by atoms with E-state index in [1.165, 1.54) is 83.5 Å². The standard InChI is InChI=1S/C27H45NO2/c1-2-3-4-5-7-11-17-24-18-16-23-30-26(24)21-14-8-6-9-15-22-27(29)28-25-19-12-10-13-20-25/h10,12-13,19-20,24,26H,2-9,11,14-18,21-23H2,1H3,(H,28,29). The van der Waals surface area contributed by atoms with Crippen molar-refractivity contribution in [3.63, 3.8) is 0 Å². The number of nitrogens with one attached hydrogen (secondary N) is 1. The highest BCUT2D eigenvalue weighted by Crippen LogP contribution is 2.29. The molecule has 2 atom stereocenters. The van der Waals surface area contributed by atoms with Crippen LogP contribution in [0, 0.1) is 5.92 Å². The van der Waals surface area contributed by atoms with Crippen LogP contribution in [0.2, 0.25) is 0 Å². The summed E-state index contributed by atoms with van der Waals surface area (Å²) in [5, 5.41) is 2.97. The first-order valence-electron chi connectivity index (χ1n) is 12.8. The van der Waals surface area contributed by atoms with Gasteiger partial charge in [-0.05, 0) is 50.2 Å². The largest absolute Gasteiger partial charge is 0.378 e. The van der Waals surface area contributed by atoms with Crippen molar-refractivity contribution in [3.8, 4) is 0 Å². The molecule has 1 aromatic carbocycles. The predicted octanol–water partition coefficient (Wildman–Crippen LogP) is 7.90. The van der Waals surface area contributed by atoms with E-state index in [9.17, 15) is 4.79 Å². The Balaban J connectivity index is 1.47. The normalized spacial score (nSPS) is 19.0. The lowest BCUT2D eigenvalue weighted by atomic mass is 9.86. The van der Waals surface area contributed by atoms with Gasteiger partial charge in [-0.1, -0.05) is 89.3 Å². The molecule has 1 heterocycles. The minimum Gasteiger partial charge on any atom is -0.378 e. The Morgan fingerprint density at radius 1 is 0.900 bits per heavy atom. The van der Waals surface area contributed by atoms with Crippen LogP contribution in [0.1, 0.15) is 110 Å². The second-order valence-electron chi connectivity index (χ2n) is 9.09. The molecule has 1 aliphatic rings. The molecule has 1 aliphatic heterocycles. The average molecular weight is 416 g/mol. The van der Waals surface area contributed by atoms with E-state index in [2.05, 4.69) is 12.2 Å². The topological polar surface area (TPSA) is 38.3 Å². The number of carbonyl (C=O) groups is 1. The number of hydrogen-bond donors (Lipinski definition) is 1. The first-order chi connectivity index (χ1) is 14.8. The lowest BCUT2D eigenvalue weighted by Gasteiger charge is -2.32. The van der Waals surface area contributed by atoms with Crippen molar-refractivity contribution >= 4 is 11.6 Å². The summed E-state index contributed by atoms with van der Waals surface area (Å²) >= 11 is 0. The summed E-state index contributed by atoms with van der Waals surface area (Å²) in [6.45, 7) is 3.25. The molecule has 1 amide bonds. The molecule has 0 bridgehead atoms. The smallest absolute Gasteiger partial charge is 0.224 e. The lowest BCUT2D eigenvalue weighted by Crippen LogP contribution is -2.29. The van der Waals surface area contributed by atoms with Crippen LogP contribution in [0.15, 0.2) is 30.3 Å². The van der Waals surface area contributed by atoms with Gasteiger partial charge in [0.05, 0.1) is 6.10 Å². The van der Waals surface area contributed by atoms with Crippen molar-refractivity contribution in [1.29, 1.82) is 0 Å². The van der Waals surface area contributed by atoms with Crippen LogP contribution in [0.4, 0.5) is 5.69 Å². The SMILES string of the molecule is CCCCCCCCC1CCCOC1CCCCCCCC(=O)Nc1ccccc1. The summed E-state index contributed by atoms with van der Waals surface area (Å²) < 4.78 is 6.15. The Labute approximate surface area is 185 Å². The van der Waals surface area contributed by atoms with Crippen molar-refractivity contribution < 1.29 is 9.53 Å². The Bertz CT molecular complexity index is 545. The highest BCUT2D eigenvalue weighted by Gasteiger charge is 2.24. The molecule has 170 valence electrons. The predicted molar refractivity (Wildman–Crippen MR) is 128 cm³/mol. The van der Waals surface area contributed by atoms with E-state index in [1.54, 1.807) is 0 Å². The van der Waals surface area contributed by atoms with Crippen molar-refractivity contribution in [3.05, 3.63) is 30.3 Å². The molecule has 0 aromatic heterocycles. The van der Waals surface area contributed by atoms with Gasteiger partial charge in [0.15, 0.2) is 0 Å². The van der Waals surface area contributed by atoms with Crippen LogP contribution in [0.25, 0.3) is 0 Å². The zero-order valence-corrected chi connectivity index (χ0v) is 19.4. The van der Waals surface area contributed by atoms with Gasteiger partial charge in [0.25, 0.3) is 0 Å². The Morgan fingerprint density at radius 2 is 1.57 bits per heavy atom. The third-order valence-corrected chi connectivity index (χ3v) is 6.46. The van der Waals surface area contributed by atoms with Gasteiger partial charge in [0.2, 0.25) is 5.91 Å².